The summed E-state index contributed by atoms with van der Waals surface area (Å²) in [5, 5.41) is 5.83. The first kappa shape index (κ1) is 19.8. The molecule has 0 saturated heterocycles. The fourth-order valence-corrected chi connectivity index (χ4v) is 3.76. The van der Waals surface area contributed by atoms with E-state index in [1.807, 2.05) is 31.2 Å². The van der Waals surface area contributed by atoms with Crippen molar-refractivity contribution in [2.45, 2.75) is 18.5 Å². The van der Waals surface area contributed by atoms with Crippen molar-refractivity contribution in [1.82, 2.24) is 19.6 Å². The largest absolute Gasteiger partial charge is 0.325 e. The van der Waals surface area contributed by atoms with Gasteiger partial charge in [-0.1, -0.05) is 49.0 Å². The zero-order chi connectivity index (χ0) is 21.1. The fourth-order valence-electron chi connectivity index (χ4n) is 3.01. The van der Waals surface area contributed by atoms with Crippen molar-refractivity contribution in [3.63, 3.8) is 0 Å². The monoisotopic (exact) mass is 423 g/mol. The SMILES string of the molecule is CCc1ccccc1NC(=O)CSc1nc(-c2ccccc2F)nc2cc(=O)[nH]n12. The number of nitrogens with one attached hydrogen (secondary N) is 2. The van der Waals surface area contributed by atoms with Crippen LogP contribution in [0.5, 0.6) is 0 Å². The third-order valence-electron chi connectivity index (χ3n) is 4.44. The number of hydrogen-bond acceptors (Lipinski definition) is 5. The Morgan fingerprint density at radius 3 is 2.73 bits per heavy atom. The van der Waals surface area contributed by atoms with Gasteiger partial charge in [0.15, 0.2) is 16.6 Å². The van der Waals surface area contributed by atoms with Gasteiger partial charge in [0.25, 0.3) is 5.56 Å². The van der Waals surface area contributed by atoms with Crippen molar-refractivity contribution in [3.8, 4) is 11.4 Å². The molecule has 0 fully saturated rings. The van der Waals surface area contributed by atoms with Gasteiger partial charge in [0.05, 0.1) is 11.3 Å². The van der Waals surface area contributed by atoms with Crippen molar-refractivity contribution >= 4 is 29.0 Å². The number of thioether (sulfide) groups is 1. The molecule has 4 aromatic rings. The molecule has 0 aliphatic rings. The zero-order valence-electron chi connectivity index (χ0n) is 16.1. The molecule has 1 amide bonds. The summed E-state index contributed by atoms with van der Waals surface area (Å²) in [5.41, 5.74) is 1.96. The highest BCUT2D eigenvalue weighted by molar-refractivity contribution is 7.99. The summed E-state index contributed by atoms with van der Waals surface area (Å²) in [6, 6.07) is 15.0. The van der Waals surface area contributed by atoms with Crippen molar-refractivity contribution in [3.05, 3.63) is 76.3 Å². The third-order valence-corrected chi connectivity index (χ3v) is 5.38. The topological polar surface area (TPSA) is 92.2 Å². The van der Waals surface area contributed by atoms with E-state index in [-0.39, 0.29) is 28.6 Å². The number of para-hydroxylation sites is 1. The first-order chi connectivity index (χ1) is 14.5. The summed E-state index contributed by atoms with van der Waals surface area (Å²) in [5.74, 6) is -0.480. The van der Waals surface area contributed by atoms with E-state index in [9.17, 15) is 14.0 Å². The minimum atomic E-state index is -0.468. The average molecular weight is 423 g/mol. The molecule has 2 heterocycles. The number of benzene rings is 2. The third kappa shape index (κ3) is 4.11. The number of fused-ring (bicyclic) bond motifs is 1. The molecule has 0 atom stereocenters. The number of rotatable bonds is 6. The molecule has 2 aromatic carbocycles. The quantitative estimate of drug-likeness (QED) is 0.463. The second kappa shape index (κ2) is 8.50. The Morgan fingerprint density at radius 2 is 1.93 bits per heavy atom. The van der Waals surface area contributed by atoms with E-state index in [0.717, 1.165) is 29.4 Å². The molecule has 0 aliphatic carbocycles. The van der Waals surface area contributed by atoms with Crippen LogP contribution in [0.25, 0.3) is 17.0 Å². The van der Waals surface area contributed by atoms with Crippen molar-refractivity contribution < 1.29 is 9.18 Å². The van der Waals surface area contributed by atoms with Gasteiger partial charge in [-0.3, -0.25) is 14.7 Å². The van der Waals surface area contributed by atoms with Crippen LogP contribution in [0.15, 0.2) is 64.5 Å². The van der Waals surface area contributed by atoms with Crippen molar-refractivity contribution in [2.75, 3.05) is 11.1 Å². The van der Waals surface area contributed by atoms with Crippen molar-refractivity contribution in [2.24, 2.45) is 0 Å². The molecule has 0 bridgehead atoms. The molecular formula is C21H18FN5O2S. The lowest BCUT2D eigenvalue weighted by Gasteiger charge is -2.10. The molecular weight excluding hydrogens is 405 g/mol. The molecule has 0 aliphatic heterocycles. The van der Waals surface area contributed by atoms with Gasteiger partial charge in [-0.05, 0) is 30.2 Å². The minimum Gasteiger partial charge on any atom is -0.325 e. The number of amides is 1. The van der Waals surface area contributed by atoms with Gasteiger partial charge in [0.1, 0.15) is 5.82 Å². The Kier molecular flexibility index (Phi) is 5.62. The van der Waals surface area contributed by atoms with E-state index in [1.54, 1.807) is 18.2 Å². The van der Waals surface area contributed by atoms with Crippen LogP contribution in [0.2, 0.25) is 0 Å². The highest BCUT2D eigenvalue weighted by Crippen LogP contribution is 2.24. The lowest BCUT2D eigenvalue weighted by Crippen LogP contribution is -2.16. The van der Waals surface area contributed by atoms with Crippen LogP contribution in [0, 0.1) is 5.82 Å². The maximum absolute atomic E-state index is 14.2. The van der Waals surface area contributed by atoms with Crippen molar-refractivity contribution in [1.29, 1.82) is 0 Å². The molecule has 0 saturated carbocycles. The molecule has 4 rings (SSSR count). The number of aromatic nitrogens is 4. The summed E-state index contributed by atoms with van der Waals surface area (Å²) < 4.78 is 15.6. The predicted octanol–water partition coefficient (Wildman–Crippen LogP) is 3.52. The van der Waals surface area contributed by atoms with Crippen LogP contribution in [0.4, 0.5) is 10.1 Å². The van der Waals surface area contributed by atoms with E-state index >= 15 is 0 Å². The highest BCUT2D eigenvalue weighted by Gasteiger charge is 2.15. The van der Waals surface area contributed by atoms with Crippen LogP contribution in [-0.2, 0) is 11.2 Å². The van der Waals surface area contributed by atoms with E-state index in [2.05, 4.69) is 20.4 Å². The zero-order valence-corrected chi connectivity index (χ0v) is 16.9. The van der Waals surface area contributed by atoms with Gasteiger partial charge in [0.2, 0.25) is 5.91 Å². The van der Waals surface area contributed by atoms with Crippen LogP contribution < -0.4 is 10.9 Å². The lowest BCUT2D eigenvalue weighted by molar-refractivity contribution is -0.113. The Hall–Kier alpha value is -3.46. The van der Waals surface area contributed by atoms with Gasteiger partial charge in [-0.25, -0.2) is 18.9 Å². The van der Waals surface area contributed by atoms with Gasteiger partial charge in [-0.15, -0.1) is 0 Å². The second-order valence-corrected chi connectivity index (χ2v) is 7.41. The number of anilines is 1. The summed E-state index contributed by atoms with van der Waals surface area (Å²) >= 11 is 1.13. The molecule has 2 N–H and O–H groups in total. The molecule has 7 nitrogen and oxygen atoms in total. The molecule has 0 unspecified atom stereocenters. The fraction of sp³-hybridized carbons (Fsp3) is 0.143. The molecule has 152 valence electrons. The van der Waals surface area contributed by atoms with E-state index in [1.165, 1.54) is 16.6 Å². The first-order valence-corrected chi connectivity index (χ1v) is 10.3. The summed E-state index contributed by atoms with van der Waals surface area (Å²) in [6.07, 6.45) is 0.798. The minimum absolute atomic E-state index is 0.0566. The van der Waals surface area contributed by atoms with Gasteiger partial charge in [-0.2, -0.15) is 0 Å². The number of hydrogen-bond donors (Lipinski definition) is 2. The molecule has 0 radical (unpaired) electrons. The predicted molar refractivity (Wildman–Crippen MR) is 114 cm³/mol. The van der Waals surface area contributed by atoms with Gasteiger partial charge in [0, 0.05) is 11.8 Å². The molecule has 9 heteroatoms. The van der Waals surface area contributed by atoms with Crippen LogP contribution in [-0.4, -0.2) is 31.2 Å². The van der Waals surface area contributed by atoms with E-state index in [0.29, 0.717) is 10.8 Å². The number of H-pyrrole nitrogens is 1. The number of carbonyl (C=O) groups is 1. The molecule has 2 aromatic heterocycles. The smallest absolute Gasteiger partial charge is 0.266 e. The number of halogens is 1. The number of nitrogens with zero attached hydrogens (tertiary/aromatic N) is 3. The van der Waals surface area contributed by atoms with Crippen LogP contribution >= 0.6 is 11.8 Å². The Labute approximate surface area is 175 Å². The summed E-state index contributed by atoms with van der Waals surface area (Å²) in [4.78, 5) is 32.9. The maximum Gasteiger partial charge on any atom is 0.266 e. The Bertz CT molecular complexity index is 1280. The van der Waals surface area contributed by atoms with Crippen LogP contribution in [0.3, 0.4) is 0 Å². The standard InChI is InChI=1S/C21H18FN5O2S/c1-2-13-7-3-6-10-16(13)23-19(29)12-30-21-25-20(14-8-4-5-9-15(14)22)24-17-11-18(28)26-27(17)21/h3-11H,2,12H2,1H3,(H,23,29)(H,26,28). The number of aryl methyl sites for hydroxylation is 1. The van der Waals surface area contributed by atoms with Crippen LogP contribution in [0.1, 0.15) is 12.5 Å². The van der Waals surface area contributed by atoms with Gasteiger partial charge >= 0.3 is 0 Å². The Morgan fingerprint density at radius 1 is 1.17 bits per heavy atom. The van der Waals surface area contributed by atoms with E-state index in [4.69, 9.17) is 0 Å². The molecule has 0 spiro atoms. The normalized spacial score (nSPS) is 11.0. The summed E-state index contributed by atoms with van der Waals surface area (Å²) in [6.45, 7) is 2.02. The maximum atomic E-state index is 14.2. The van der Waals surface area contributed by atoms with E-state index < -0.39 is 5.82 Å². The molecule has 30 heavy (non-hydrogen) atoms. The highest BCUT2D eigenvalue weighted by atomic mass is 32.2. The summed E-state index contributed by atoms with van der Waals surface area (Å²) in [7, 11) is 0. The van der Waals surface area contributed by atoms with Gasteiger partial charge < -0.3 is 5.32 Å². The number of aromatic amines is 1. The second-order valence-electron chi connectivity index (χ2n) is 6.47. The Balaban J connectivity index is 1.61. The first-order valence-electron chi connectivity index (χ1n) is 9.30. The number of carbonyl (C=O) groups excluding carboxylic acids is 1. The lowest BCUT2D eigenvalue weighted by atomic mass is 10.1. The average Bonchev–Trinajstić information content (AvgIpc) is 3.13.